The van der Waals surface area contributed by atoms with Crippen molar-refractivity contribution in [2.75, 3.05) is 0 Å². The molecule has 0 radical (unpaired) electrons. The normalized spacial score (nSPS) is 14.8. The molecule has 1 saturated carbocycles. The average molecular weight is 350 g/mol. The lowest BCUT2D eigenvalue weighted by Gasteiger charge is -2.17. The van der Waals surface area contributed by atoms with Crippen LogP contribution in [0.3, 0.4) is 0 Å². The van der Waals surface area contributed by atoms with E-state index in [4.69, 9.17) is 0 Å². The number of carbonyl (C=O) groups excluding carboxylic acids is 1. The summed E-state index contributed by atoms with van der Waals surface area (Å²) in [6.45, 7) is 1.77. The Bertz CT molecular complexity index is 917. The van der Waals surface area contributed by atoms with Gasteiger partial charge in [-0.3, -0.25) is 4.79 Å². The van der Waals surface area contributed by atoms with E-state index >= 15 is 0 Å². The first-order valence-corrected chi connectivity index (χ1v) is 8.67. The van der Waals surface area contributed by atoms with E-state index in [0.717, 1.165) is 18.4 Å². The largest absolute Gasteiger partial charge is 0.342 e. The molecule has 0 unspecified atom stereocenters. The van der Waals surface area contributed by atoms with E-state index in [1.165, 1.54) is 12.1 Å². The molecule has 0 aliphatic heterocycles. The fourth-order valence-electron chi connectivity index (χ4n) is 3.08. The van der Waals surface area contributed by atoms with Gasteiger partial charge in [0.05, 0.1) is 11.7 Å². The second-order valence-electron chi connectivity index (χ2n) is 6.57. The Labute approximate surface area is 150 Å². The van der Waals surface area contributed by atoms with Gasteiger partial charge < -0.3 is 5.32 Å². The van der Waals surface area contributed by atoms with Crippen LogP contribution in [0.2, 0.25) is 0 Å². The summed E-state index contributed by atoms with van der Waals surface area (Å²) in [7, 11) is 0. The summed E-state index contributed by atoms with van der Waals surface area (Å²) in [5.74, 6) is 0.536. The molecule has 5 nitrogen and oxygen atoms in total. The fraction of sp³-hybridized carbons (Fsp3) is 0.250. The predicted molar refractivity (Wildman–Crippen MR) is 95.4 cm³/mol. The van der Waals surface area contributed by atoms with Gasteiger partial charge in [-0.2, -0.15) is 0 Å². The lowest BCUT2D eigenvalue weighted by molar-refractivity contribution is 0.0921. The van der Waals surface area contributed by atoms with Crippen molar-refractivity contribution in [3.8, 4) is 5.69 Å². The van der Waals surface area contributed by atoms with Crippen molar-refractivity contribution in [2.24, 2.45) is 5.92 Å². The van der Waals surface area contributed by atoms with Crippen LogP contribution in [0.4, 0.5) is 4.39 Å². The van der Waals surface area contributed by atoms with Gasteiger partial charge in [-0.1, -0.05) is 30.3 Å². The van der Waals surface area contributed by atoms with Crippen molar-refractivity contribution < 1.29 is 9.18 Å². The zero-order valence-corrected chi connectivity index (χ0v) is 14.4. The third-order valence-electron chi connectivity index (χ3n) is 4.58. The summed E-state index contributed by atoms with van der Waals surface area (Å²) in [4.78, 5) is 17.0. The van der Waals surface area contributed by atoms with Gasteiger partial charge >= 0.3 is 0 Å². The molecule has 132 valence electrons. The number of amides is 1. The standard InChI is InChI=1S/C20H19FN4O/c1-13-22-19(24-25(13)17-11-9-16(21)10-12-17)20(26)23-18(15-7-8-15)14-5-3-2-4-6-14/h2-6,9-12,15,18H,7-8H2,1H3,(H,23,26)/t18-/m0/s1. The number of benzene rings is 2. The highest BCUT2D eigenvalue weighted by molar-refractivity contribution is 5.90. The Morgan fingerprint density at radius 1 is 1.15 bits per heavy atom. The van der Waals surface area contributed by atoms with E-state index in [1.54, 1.807) is 23.7 Å². The van der Waals surface area contributed by atoms with Crippen molar-refractivity contribution in [2.45, 2.75) is 25.8 Å². The highest BCUT2D eigenvalue weighted by Gasteiger charge is 2.34. The van der Waals surface area contributed by atoms with Crippen molar-refractivity contribution in [3.05, 3.63) is 77.6 Å². The second kappa shape index (κ2) is 6.71. The van der Waals surface area contributed by atoms with Crippen LogP contribution in [0.1, 0.15) is 40.9 Å². The molecule has 6 heteroatoms. The highest BCUT2D eigenvalue weighted by Crippen LogP contribution is 2.41. The van der Waals surface area contributed by atoms with Crippen LogP contribution in [0.15, 0.2) is 54.6 Å². The molecule has 0 saturated heterocycles. The zero-order chi connectivity index (χ0) is 18.1. The molecule has 4 rings (SSSR count). The minimum absolute atomic E-state index is 0.0261. The van der Waals surface area contributed by atoms with Gasteiger partial charge in [0.25, 0.3) is 5.91 Å². The third-order valence-corrected chi connectivity index (χ3v) is 4.58. The quantitative estimate of drug-likeness (QED) is 0.765. The maximum atomic E-state index is 13.1. The molecule has 0 spiro atoms. The summed E-state index contributed by atoms with van der Waals surface area (Å²) < 4.78 is 14.7. The zero-order valence-electron chi connectivity index (χ0n) is 14.4. The van der Waals surface area contributed by atoms with E-state index in [9.17, 15) is 9.18 Å². The topological polar surface area (TPSA) is 59.8 Å². The Kier molecular flexibility index (Phi) is 4.24. The van der Waals surface area contributed by atoms with Crippen LogP contribution in [0.5, 0.6) is 0 Å². The minimum Gasteiger partial charge on any atom is -0.342 e. The molecule has 1 N–H and O–H groups in total. The monoisotopic (exact) mass is 350 g/mol. The lowest BCUT2D eigenvalue weighted by atomic mass is 10.0. The SMILES string of the molecule is Cc1nc(C(=O)N[C@@H](c2ccccc2)C2CC2)nn1-c1ccc(F)cc1. The van der Waals surface area contributed by atoms with Crippen molar-refractivity contribution in [1.29, 1.82) is 0 Å². The summed E-state index contributed by atoms with van der Waals surface area (Å²) in [5, 5.41) is 7.38. The van der Waals surface area contributed by atoms with E-state index < -0.39 is 0 Å². The molecule has 26 heavy (non-hydrogen) atoms. The van der Waals surface area contributed by atoms with Crippen molar-refractivity contribution in [1.82, 2.24) is 20.1 Å². The Morgan fingerprint density at radius 2 is 1.85 bits per heavy atom. The first-order chi connectivity index (χ1) is 12.6. The van der Waals surface area contributed by atoms with Gasteiger partial charge in [0.1, 0.15) is 11.6 Å². The number of aromatic nitrogens is 3. The van der Waals surface area contributed by atoms with Gasteiger partial charge in [0.2, 0.25) is 5.82 Å². The van der Waals surface area contributed by atoms with Gasteiger partial charge in [-0.25, -0.2) is 14.1 Å². The molecule has 1 amide bonds. The number of halogens is 1. The van der Waals surface area contributed by atoms with Crippen LogP contribution in [0.25, 0.3) is 5.69 Å². The molecule has 2 aromatic carbocycles. The maximum absolute atomic E-state index is 13.1. The van der Waals surface area contributed by atoms with E-state index in [-0.39, 0.29) is 23.6 Å². The molecular formula is C20H19FN4O. The van der Waals surface area contributed by atoms with Gasteiger partial charge in [-0.05, 0) is 55.5 Å². The molecule has 0 bridgehead atoms. The summed E-state index contributed by atoms with van der Waals surface area (Å²) in [6, 6.07) is 15.9. The minimum atomic E-state index is -0.320. The highest BCUT2D eigenvalue weighted by atomic mass is 19.1. The van der Waals surface area contributed by atoms with Crippen LogP contribution >= 0.6 is 0 Å². The summed E-state index contributed by atoms with van der Waals surface area (Å²) in [6.07, 6.45) is 2.21. The number of aryl methyl sites for hydroxylation is 1. The smallest absolute Gasteiger partial charge is 0.291 e. The molecule has 1 fully saturated rings. The van der Waals surface area contributed by atoms with E-state index in [0.29, 0.717) is 17.4 Å². The van der Waals surface area contributed by atoms with Crippen LogP contribution in [0, 0.1) is 18.7 Å². The first kappa shape index (κ1) is 16.4. The van der Waals surface area contributed by atoms with Crippen LogP contribution in [-0.4, -0.2) is 20.7 Å². The number of hydrogen-bond donors (Lipinski definition) is 1. The van der Waals surface area contributed by atoms with Crippen LogP contribution < -0.4 is 5.32 Å². The molecule has 1 aromatic heterocycles. The number of carbonyl (C=O) groups is 1. The second-order valence-corrected chi connectivity index (χ2v) is 6.57. The Hall–Kier alpha value is -3.02. The first-order valence-electron chi connectivity index (χ1n) is 8.67. The van der Waals surface area contributed by atoms with E-state index in [2.05, 4.69) is 15.4 Å². The summed E-state index contributed by atoms with van der Waals surface area (Å²) >= 11 is 0. The molecular weight excluding hydrogens is 331 g/mol. The molecule has 1 atom stereocenters. The van der Waals surface area contributed by atoms with Crippen molar-refractivity contribution in [3.63, 3.8) is 0 Å². The lowest BCUT2D eigenvalue weighted by Crippen LogP contribution is -2.30. The average Bonchev–Trinajstić information content (AvgIpc) is 3.42. The van der Waals surface area contributed by atoms with Gasteiger partial charge in [-0.15, -0.1) is 5.10 Å². The Balaban J connectivity index is 1.56. The predicted octanol–water partition coefficient (Wildman–Crippen LogP) is 3.60. The molecule has 1 aliphatic carbocycles. The van der Waals surface area contributed by atoms with Crippen molar-refractivity contribution >= 4 is 5.91 Å². The fourth-order valence-corrected chi connectivity index (χ4v) is 3.08. The molecule has 1 aliphatic rings. The maximum Gasteiger partial charge on any atom is 0.291 e. The third kappa shape index (κ3) is 3.35. The summed E-state index contributed by atoms with van der Waals surface area (Å²) in [5.41, 5.74) is 1.76. The Morgan fingerprint density at radius 3 is 2.50 bits per heavy atom. The number of hydrogen-bond acceptors (Lipinski definition) is 3. The molecule has 1 heterocycles. The molecule has 3 aromatic rings. The van der Waals surface area contributed by atoms with E-state index in [1.807, 2.05) is 30.3 Å². The number of nitrogens with zero attached hydrogens (tertiary/aromatic N) is 3. The van der Waals surface area contributed by atoms with Gasteiger partial charge in [0.15, 0.2) is 0 Å². The number of nitrogens with one attached hydrogen (secondary N) is 1. The number of rotatable bonds is 5. The van der Waals surface area contributed by atoms with Gasteiger partial charge in [0, 0.05) is 0 Å². The van der Waals surface area contributed by atoms with Crippen LogP contribution in [-0.2, 0) is 0 Å².